The maximum absolute atomic E-state index is 6.28. The predicted octanol–water partition coefficient (Wildman–Crippen LogP) is 8.50. The minimum atomic E-state index is 0.108. The fourth-order valence-electron chi connectivity index (χ4n) is 4.92. The first-order valence-electron chi connectivity index (χ1n) is 13.3. The van der Waals surface area contributed by atoms with Crippen LogP contribution in [0.1, 0.15) is 24.3 Å². The molecule has 5 aromatic rings. The van der Waals surface area contributed by atoms with Crippen molar-refractivity contribution >= 4 is 66.9 Å². The van der Waals surface area contributed by atoms with Crippen LogP contribution in [0.5, 0.6) is 5.75 Å². The Hall–Kier alpha value is -3.17. The highest BCUT2D eigenvalue weighted by atomic mass is 79.9. The van der Waals surface area contributed by atoms with E-state index in [-0.39, 0.29) is 6.10 Å². The van der Waals surface area contributed by atoms with E-state index >= 15 is 0 Å². The van der Waals surface area contributed by atoms with Crippen LogP contribution in [-0.4, -0.2) is 34.7 Å². The number of nitrogens with zero attached hydrogens (tertiary/aromatic N) is 2. The molecule has 206 valence electrons. The van der Waals surface area contributed by atoms with Crippen molar-refractivity contribution in [3.63, 3.8) is 0 Å². The summed E-state index contributed by atoms with van der Waals surface area (Å²) in [6.07, 6.45) is 1.00. The summed E-state index contributed by atoms with van der Waals surface area (Å²) in [6.45, 7) is 5.86. The summed E-state index contributed by atoms with van der Waals surface area (Å²) in [5.41, 5.74) is 12.8. The number of fused-ring (bicyclic) bond motifs is 1. The van der Waals surface area contributed by atoms with Crippen molar-refractivity contribution in [3.8, 4) is 17.0 Å². The summed E-state index contributed by atoms with van der Waals surface area (Å²) in [5, 5.41) is 3.60. The van der Waals surface area contributed by atoms with E-state index in [4.69, 9.17) is 22.7 Å². The van der Waals surface area contributed by atoms with Crippen molar-refractivity contribution in [2.75, 3.05) is 18.5 Å². The van der Waals surface area contributed by atoms with Crippen LogP contribution in [-0.2, 0) is 13.0 Å². The summed E-state index contributed by atoms with van der Waals surface area (Å²) >= 11 is 10.9. The molecule has 0 saturated carbocycles. The normalized spacial score (nSPS) is 11.4. The van der Waals surface area contributed by atoms with Gasteiger partial charge in [0.15, 0.2) is 5.11 Å². The fraction of sp³-hybridized carbons (Fsp3) is 0.219. The van der Waals surface area contributed by atoms with Gasteiger partial charge in [0.2, 0.25) is 0 Å². The molecule has 3 aromatic carbocycles. The van der Waals surface area contributed by atoms with E-state index < -0.39 is 0 Å². The first-order chi connectivity index (χ1) is 19.3. The van der Waals surface area contributed by atoms with Gasteiger partial charge in [-0.25, -0.2) is 0 Å². The van der Waals surface area contributed by atoms with Crippen LogP contribution in [0.25, 0.3) is 22.2 Å². The van der Waals surface area contributed by atoms with Crippen LogP contribution in [0.3, 0.4) is 0 Å². The lowest BCUT2D eigenvalue weighted by atomic mass is 10.0. The number of hydrogen-bond donors (Lipinski definition) is 2. The quantitative estimate of drug-likeness (QED) is 0.151. The number of nitrogens with two attached hydrogens (primary N) is 1. The van der Waals surface area contributed by atoms with Crippen LogP contribution in [0.2, 0.25) is 0 Å². The van der Waals surface area contributed by atoms with E-state index in [1.54, 1.807) is 11.3 Å². The molecule has 0 radical (unpaired) electrons. The van der Waals surface area contributed by atoms with Gasteiger partial charge in [0.05, 0.1) is 6.10 Å². The van der Waals surface area contributed by atoms with E-state index in [1.165, 1.54) is 21.4 Å². The lowest BCUT2D eigenvalue weighted by molar-refractivity contribution is 0.242. The second-order valence-electron chi connectivity index (χ2n) is 10.1. The summed E-state index contributed by atoms with van der Waals surface area (Å²) in [5.74, 6) is 0.816. The molecule has 0 unspecified atom stereocenters. The SMILES string of the molecule is CC(C)Oc1ccc(N(C(N)=S)c2ccc3[nH]c(-c4ccccc4)c(CCN(C)Cc4cc(Br)cs4)c3c2)cc1. The van der Waals surface area contributed by atoms with Crippen LogP contribution < -0.4 is 15.4 Å². The van der Waals surface area contributed by atoms with Gasteiger partial charge in [-0.05, 0) is 115 Å². The van der Waals surface area contributed by atoms with Crippen LogP contribution in [0.15, 0.2) is 88.7 Å². The first kappa shape index (κ1) is 28.4. The van der Waals surface area contributed by atoms with Crippen molar-refractivity contribution in [1.29, 1.82) is 0 Å². The molecule has 0 saturated heterocycles. The molecule has 5 nitrogen and oxygen atoms in total. The van der Waals surface area contributed by atoms with E-state index in [0.717, 1.165) is 52.3 Å². The molecule has 0 bridgehead atoms. The Labute approximate surface area is 253 Å². The van der Waals surface area contributed by atoms with E-state index in [2.05, 4.69) is 92.8 Å². The molecule has 2 aromatic heterocycles. The standard InChI is InChI=1S/C32H33BrN4OS2/c1-21(2)38-26-12-9-24(10-13-26)37(32(34)39)25-11-14-30-29(18-25)28(31(35-30)22-7-5-4-6-8-22)15-16-36(3)19-27-17-23(33)20-40-27/h4-14,17-18,20-21,35H,15-16,19H2,1-3H3,(H2,34,39). The number of anilines is 2. The molecule has 8 heteroatoms. The number of likely N-dealkylation sites (N-methyl/N-ethyl adjacent to an activating group) is 1. The number of H-pyrrole nitrogens is 1. The largest absolute Gasteiger partial charge is 0.491 e. The first-order valence-corrected chi connectivity index (χ1v) is 15.3. The predicted molar refractivity (Wildman–Crippen MR) is 177 cm³/mol. The number of halogens is 1. The molecule has 0 aliphatic rings. The molecule has 0 fully saturated rings. The van der Waals surface area contributed by atoms with Gasteiger partial charge in [0, 0.05) is 55.8 Å². The number of nitrogens with one attached hydrogen (secondary N) is 1. The average molecular weight is 634 g/mol. The van der Waals surface area contributed by atoms with Crippen LogP contribution in [0, 0.1) is 0 Å². The number of thiophene rings is 1. The van der Waals surface area contributed by atoms with Crippen LogP contribution >= 0.6 is 39.5 Å². The van der Waals surface area contributed by atoms with Gasteiger partial charge in [0.1, 0.15) is 5.75 Å². The van der Waals surface area contributed by atoms with Gasteiger partial charge in [-0.15, -0.1) is 11.3 Å². The highest BCUT2D eigenvalue weighted by Crippen LogP contribution is 2.36. The van der Waals surface area contributed by atoms with Gasteiger partial charge in [-0.3, -0.25) is 4.90 Å². The van der Waals surface area contributed by atoms with Crippen molar-refractivity contribution in [2.45, 2.75) is 32.9 Å². The molecule has 3 N–H and O–H groups in total. The zero-order valence-electron chi connectivity index (χ0n) is 22.9. The molecule has 0 aliphatic carbocycles. The second kappa shape index (κ2) is 12.6. The molecule has 2 heterocycles. The summed E-state index contributed by atoms with van der Waals surface area (Å²) in [7, 11) is 2.18. The third-order valence-electron chi connectivity index (χ3n) is 6.69. The topological polar surface area (TPSA) is 57.5 Å². The second-order valence-corrected chi connectivity index (χ2v) is 12.5. The van der Waals surface area contributed by atoms with Gasteiger partial charge in [-0.1, -0.05) is 30.3 Å². The van der Waals surface area contributed by atoms with Crippen molar-refractivity contribution in [3.05, 3.63) is 99.2 Å². The maximum Gasteiger partial charge on any atom is 0.175 e. The number of thiocarbonyl (C=S) groups is 1. The third kappa shape index (κ3) is 6.58. The van der Waals surface area contributed by atoms with Crippen molar-refractivity contribution in [2.24, 2.45) is 5.73 Å². The highest BCUT2D eigenvalue weighted by Gasteiger charge is 2.18. The minimum Gasteiger partial charge on any atom is -0.491 e. The van der Waals surface area contributed by atoms with E-state index in [0.29, 0.717) is 5.11 Å². The number of aromatic nitrogens is 1. The summed E-state index contributed by atoms with van der Waals surface area (Å²) in [6, 6.07) is 27.0. The Kier molecular flexibility index (Phi) is 8.90. The minimum absolute atomic E-state index is 0.108. The van der Waals surface area contributed by atoms with E-state index in [1.807, 2.05) is 43.0 Å². The van der Waals surface area contributed by atoms with Gasteiger partial charge in [0.25, 0.3) is 0 Å². The Balaban J connectivity index is 1.50. The van der Waals surface area contributed by atoms with E-state index in [9.17, 15) is 0 Å². The molecule has 0 atom stereocenters. The number of benzene rings is 3. The number of ether oxygens (including phenoxy) is 1. The highest BCUT2D eigenvalue weighted by molar-refractivity contribution is 9.10. The summed E-state index contributed by atoms with van der Waals surface area (Å²) in [4.78, 5) is 9.32. The fourth-order valence-corrected chi connectivity index (χ4v) is 6.66. The number of hydrogen-bond acceptors (Lipinski definition) is 4. The number of aromatic amines is 1. The Bertz CT molecular complexity index is 1590. The Morgan fingerprint density at radius 2 is 1.75 bits per heavy atom. The lowest BCUT2D eigenvalue weighted by Crippen LogP contribution is -2.31. The molecule has 0 amide bonds. The summed E-state index contributed by atoms with van der Waals surface area (Å²) < 4.78 is 6.97. The maximum atomic E-state index is 6.28. The molecular weight excluding hydrogens is 600 g/mol. The third-order valence-corrected chi connectivity index (χ3v) is 8.55. The molecule has 0 spiro atoms. The zero-order chi connectivity index (χ0) is 28.2. The molecule has 5 rings (SSSR count). The van der Waals surface area contributed by atoms with Crippen LogP contribution in [0.4, 0.5) is 11.4 Å². The molecular formula is C32H33BrN4OS2. The van der Waals surface area contributed by atoms with Crippen molar-refractivity contribution < 1.29 is 4.74 Å². The van der Waals surface area contributed by atoms with Gasteiger partial charge < -0.3 is 20.4 Å². The van der Waals surface area contributed by atoms with Gasteiger partial charge in [-0.2, -0.15) is 0 Å². The molecule has 0 aliphatic heterocycles. The lowest BCUT2D eigenvalue weighted by Gasteiger charge is -2.24. The Morgan fingerprint density at radius 1 is 1.02 bits per heavy atom. The van der Waals surface area contributed by atoms with Crippen molar-refractivity contribution in [1.82, 2.24) is 9.88 Å². The van der Waals surface area contributed by atoms with Gasteiger partial charge >= 0.3 is 0 Å². The zero-order valence-corrected chi connectivity index (χ0v) is 26.1. The molecule has 40 heavy (non-hydrogen) atoms. The monoisotopic (exact) mass is 632 g/mol. The smallest absolute Gasteiger partial charge is 0.175 e. The average Bonchev–Trinajstić information content (AvgIpc) is 3.51. The number of rotatable bonds is 10. The Morgan fingerprint density at radius 3 is 2.40 bits per heavy atom.